The van der Waals surface area contributed by atoms with Crippen molar-refractivity contribution < 1.29 is 28.6 Å². The number of rotatable bonds is 5. The Labute approximate surface area is 200 Å². The molecule has 0 aromatic carbocycles. The number of carboxylic acid groups (broad SMARTS) is 2. The van der Waals surface area contributed by atoms with E-state index in [1.54, 1.807) is 0 Å². The molecule has 4 nitrogen and oxygen atoms in total. The summed E-state index contributed by atoms with van der Waals surface area (Å²) in [7, 11) is 0. The lowest BCUT2D eigenvalue weighted by Crippen LogP contribution is -1.94. The van der Waals surface area contributed by atoms with Crippen LogP contribution in [0.25, 0.3) is 29.3 Å². The van der Waals surface area contributed by atoms with Gasteiger partial charge < -0.3 is 10.2 Å². The van der Waals surface area contributed by atoms with Crippen molar-refractivity contribution >= 4 is 89.1 Å². The summed E-state index contributed by atoms with van der Waals surface area (Å²) in [6.07, 6.45) is 0. The van der Waals surface area contributed by atoms with Gasteiger partial charge in [0.05, 0.1) is 38.2 Å². The first kappa shape index (κ1) is 21.8. The summed E-state index contributed by atoms with van der Waals surface area (Å²) in [4.78, 5) is 24.5. The Morgan fingerprint density at radius 1 is 0.667 bits per heavy atom. The fourth-order valence-electron chi connectivity index (χ4n) is 2.68. The largest absolute Gasteiger partial charge is 0.478 e. The summed E-state index contributed by atoms with van der Waals surface area (Å²) in [6, 6.07) is 5.25. The number of halogens is 4. The minimum atomic E-state index is -1.14. The molecule has 0 aliphatic carbocycles. The van der Waals surface area contributed by atoms with Gasteiger partial charge in [0, 0.05) is 9.75 Å². The SMILES string of the molecule is O=C(O)c1cc(Br)sc1-c1cc(F)c(-c2sc(-c3sc(Br)cc3C(=O)O)cc2F)s1. The van der Waals surface area contributed by atoms with Crippen molar-refractivity contribution in [1.29, 1.82) is 0 Å². The molecule has 4 rings (SSSR count). The van der Waals surface area contributed by atoms with E-state index in [-0.39, 0.29) is 20.9 Å². The van der Waals surface area contributed by atoms with Crippen molar-refractivity contribution in [3.05, 3.63) is 54.6 Å². The topological polar surface area (TPSA) is 74.6 Å². The third kappa shape index (κ3) is 3.92. The van der Waals surface area contributed by atoms with Crippen molar-refractivity contribution in [2.24, 2.45) is 0 Å². The van der Waals surface area contributed by atoms with E-state index in [1.807, 2.05) is 0 Å². The van der Waals surface area contributed by atoms with Crippen LogP contribution in [0, 0.1) is 11.6 Å². The quantitative estimate of drug-likeness (QED) is 0.239. The Morgan fingerprint density at radius 3 is 1.37 bits per heavy atom. The van der Waals surface area contributed by atoms with Gasteiger partial charge in [0.25, 0.3) is 0 Å². The highest BCUT2D eigenvalue weighted by Crippen LogP contribution is 2.48. The van der Waals surface area contributed by atoms with Crippen molar-refractivity contribution in [2.75, 3.05) is 0 Å². The van der Waals surface area contributed by atoms with E-state index in [2.05, 4.69) is 31.9 Å². The first-order valence-electron chi connectivity index (χ1n) is 7.80. The van der Waals surface area contributed by atoms with E-state index in [4.69, 9.17) is 0 Å². The van der Waals surface area contributed by atoms with Crippen LogP contribution in [-0.2, 0) is 0 Å². The van der Waals surface area contributed by atoms with Gasteiger partial charge >= 0.3 is 11.9 Å². The molecule has 0 spiro atoms. The maximum absolute atomic E-state index is 14.7. The molecule has 0 unspecified atom stereocenters. The van der Waals surface area contributed by atoms with E-state index >= 15 is 0 Å². The molecule has 0 atom stereocenters. The van der Waals surface area contributed by atoms with Crippen LogP contribution in [-0.4, -0.2) is 22.2 Å². The zero-order chi connectivity index (χ0) is 21.7. The smallest absolute Gasteiger partial charge is 0.337 e. The standard InChI is InChI=1S/C18H6Br2F2O4S4/c19-11-1-5(17(23)24)13(29-11)9-3-7(21)15(27-9)16-8(22)4-10(28-16)14-6(18(25)26)2-12(20)30-14/h1-4H,(H,23,24)(H,25,26). The number of hydrogen-bond donors (Lipinski definition) is 2. The number of carbonyl (C=O) groups is 2. The van der Waals surface area contributed by atoms with Crippen LogP contribution in [0.3, 0.4) is 0 Å². The van der Waals surface area contributed by atoms with Crippen molar-refractivity contribution in [3.63, 3.8) is 0 Å². The van der Waals surface area contributed by atoms with Gasteiger partial charge in [0.2, 0.25) is 0 Å². The number of carboxylic acids is 2. The lowest BCUT2D eigenvalue weighted by atomic mass is 10.2. The average molecular weight is 612 g/mol. The second-order valence-corrected chi connectivity index (χ2v) is 12.7. The second kappa shape index (κ2) is 8.24. The van der Waals surface area contributed by atoms with Gasteiger partial charge in [-0.3, -0.25) is 0 Å². The molecule has 0 fully saturated rings. The van der Waals surface area contributed by atoms with Crippen LogP contribution in [0.15, 0.2) is 31.8 Å². The minimum absolute atomic E-state index is 0.0292. The van der Waals surface area contributed by atoms with Gasteiger partial charge in [0.1, 0.15) is 11.6 Å². The van der Waals surface area contributed by atoms with E-state index < -0.39 is 23.6 Å². The van der Waals surface area contributed by atoms with Gasteiger partial charge in [-0.05, 0) is 56.1 Å². The zero-order valence-electron chi connectivity index (χ0n) is 14.2. The molecule has 0 radical (unpaired) electrons. The van der Waals surface area contributed by atoms with Crippen LogP contribution in [0.1, 0.15) is 20.7 Å². The molecule has 4 aromatic heterocycles. The molecule has 0 aliphatic heterocycles. The Kier molecular flexibility index (Phi) is 5.99. The summed E-state index contributed by atoms with van der Waals surface area (Å²) in [6.45, 7) is 0. The Morgan fingerprint density at radius 2 is 1.03 bits per heavy atom. The van der Waals surface area contributed by atoms with Crippen LogP contribution in [0.2, 0.25) is 0 Å². The average Bonchev–Trinajstić information content (AvgIpc) is 3.40. The summed E-state index contributed by atoms with van der Waals surface area (Å²) >= 11 is 10.7. The summed E-state index contributed by atoms with van der Waals surface area (Å²) in [5.41, 5.74) is 0.0584. The monoisotopic (exact) mass is 610 g/mol. The molecular weight excluding hydrogens is 606 g/mol. The molecule has 30 heavy (non-hydrogen) atoms. The third-order valence-electron chi connectivity index (χ3n) is 3.89. The molecule has 0 saturated heterocycles. The minimum Gasteiger partial charge on any atom is -0.478 e. The predicted octanol–water partition coefficient (Wildman–Crippen LogP) is 8.13. The summed E-state index contributed by atoms with van der Waals surface area (Å²) in [5, 5.41) is 18.7. The fraction of sp³-hybridized carbons (Fsp3) is 0. The van der Waals surface area contributed by atoms with Gasteiger partial charge in [-0.15, -0.1) is 45.3 Å². The normalized spacial score (nSPS) is 11.2. The summed E-state index contributed by atoms with van der Waals surface area (Å²) in [5.74, 6) is -3.63. The lowest BCUT2D eigenvalue weighted by molar-refractivity contribution is 0.0687. The highest BCUT2D eigenvalue weighted by molar-refractivity contribution is 9.11. The molecule has 0 amide bonds. The second-order valence-electron chi connectivity index (χ2n) is 5.77. The van der Waals surface area contributed by atoms with Gasteiger partial charge in [0.15, 0.2) is 0 Å². The molecule has 4 aromatic rings. The van der Waals surface area contributed by atoms with Gasteiger partial charge in [-0.2, -0.15) is 0 Å². The van der Waals surface area contributed by atoms with Crippen LogP contribution in [0.4, 0.5) is 8.78 Å². The Hall–Kier alpha value is -1.44. The molecular formula is C18H6Br2F2O4S4. The molecule has 12 heteroatoms. The van der Waals surface area contributed by atoms with E-state index in [0.717, 1.165) is 45.3 Å². The highest BCUT2D eigenvalue weighted by Gasteiger charge is 2.25. The molecule has 2 N–H and O–H groups in total. The first-order valence-corrected chi connectivity index (χ1v) is 12.7. The maximum Gasteiger partial charge on any atom is 0.337 e. The van der Waals surface area contributed by atoms with E-state index in [0.29, 0.717) is 27.1 Å². The number of aromatic carboxylic acids is 2. The first-order chi connectivity index (χ1) is 14.2. The number of thiophene rings is 4. The van der Waals surface area contributed by atoms with E-state index in [1.165, 1.54) is 24.3 Å². The van der Waals surface area contributed by atoms with Crippen molar-refractivity contribution in [2.45, 2.75) is 0 Å². The molecule has 0 aliphatic rings. The zero-order valence-corrected chi connectivity index (χ0v) is 20.6. The predicted molar refractivity (Wildman–Crippen MR) is 123 cm³/mol. The van der Waals surface area contributed by atoms with Crippen LogP contribution >= 0.6 is 77.2 Å². The van der Waals surface area contributed by atoms with Crippen molar-refractivity contribution in [1.82, 2.24) is 0 Å². The summed E-state index contributed by atoms with van der Waals surface area (Å²) < 4.78 is 30.6. The van der Waals surface area contributed by atoms with Crippen LogP contribution in [0.5, 0.6) is 0 Å². The van der Waals surface area contributed by atoms with E-state index in [9.17, 15) is 28.6 Å². The van der Waals surface area contributed by atoms with Gasteiger partial charge in [-0.25, -0.2) is 18.4 Å². The molecule has 0 bridgehead atoms. The Bertz CT molecular complexity index is 1220. The highest BCUT2D eigenvalue weighted by atomic mass is 79.9. The Balaban J connectivity index is 1.81. The van der Waals surface area contributed by atoms with Gasteiger partial charge in [-0.1, -0.05) is 0 Å². The third-order valence-corrected chi connectivity index (χ3v) is 9.91. The maximum atomic E-state index is 14.7. The van der Waals surface area contributed by atoms with Crippen LogP contribution < -0.4 is 0 Å². The molecule has 0 saturated carbocycles. The molecule has 154 valence electrons. The van der Waals surface area contributed by atoms with Crippen molar-refractivity contribution in [3.8, 4) is 29.3 Å². The molecule has 4 heterocycles. The lowest BCUT2D eigenvalue weighted by Gasteiger charge is -1.96. The fourth-order valence-corrected chi connectivity index (χ4v) is 8.29. The number of hydrogen-bond acceptors (Lipinski definition) is 6.